The van der Waals surface area contributed by atoms with E-state index in [0.29, 0.717) is 5.92 Å². The van der Waals surface area contributed by atoms with Gasteiger partial charge >= 0.3 is 0 Å². The van der Waals surface area contributed by atoms with E-state index in [4.69, 9.17) is 0 Å². The maximum Gasteiger partial charge on any atom is 0.191 e. The maximum absolute atomic E-state index is 4.53. The van der Waals surface area contributed by atoms with Gasteiger partial charge in [-0.3, -0.25) is 0 Å². The number of nitrogens with one attached hydrogen (secondary N) is 2. The highest BCUT2D eigenvalue weighted by Crippen LogP contribution is 2.06. The van der Waals surface area contributed by atoms with Gasteiger partial charge in [0.1, 0.15) is 0 Å². The molecule has 0 fully saturated rings. The first-order chi connectivity index (χ1) is 7.72. The molecule has 1 heterocycles. The normalized spacial score (nSPS) is 11.2. The van der Waals surface area contributed by atoms with Crippen molar-refractivity contribution in [3.8, 4) is 0 Å². The molecule has 1 aromatic heterocycles. The van der Waals surface area contributed by atoms with E-state index in [2.05, 4.69) is 53.2 Å². The lowest BCUT2D eigenvalue weighted by atomic mass is 10.2. The van der Waals surface area contributed by atoms with Crippen molar-refractivity contribution >= 4 is 41.3 Å². The van der Waals surface area contributed by atoms with Crippen LogP contribution in [0, 0.1) is 5.92 Å². The minimum Gasteiger partial charge on any atom is -0.357 e. The van der Waals surface area contributed by atoms with Gasteiger partial charge in [-0.05, 0) is 35.2 Å². The smallest absolute Gasteiger partial charge is 0.191 e. The SMILES string of the molecule is CCNC(=NCc1ccsc1)NCC(C)C.I. The highest BCUT2D eigenvalue weighted by molar-refractivity contribution is 14.0. The molecule has 0 aliphatic carbocycles. The van der Waals surface area contributed by atoms with Crippen LogP contribution in [0.5, 0.6) is 0 Å². The molecule has 0 amide bonds. The molecule has 0 aromatic carbocycles. The van der Waals surface area contributed by atoms with Gasteiger partial charge in [0.25, 0.3) is 0 Å². The van der Waals surface area contributed by atoms with Crippen molar-refractivity contribution < 1.29 is 0 Å². The van der Waals surface area contributed by atoms with E-state index in [1.54, 1.807) is 11.3 Å². The van der Waals surface area contributed by atoms with E-state index in [1.165, 1.54) is 5.56 Å². The third kappa shape index (κ3) is 7.59. The monoisotopic (exact) mass is 367 g/mol. The number of halogens is 1. The summed E-state index contributed by atoms with van der Waals surface area (Å²) in [6, 6.07) is 2.11. The second kappa shape index (κ2) is 9.70. The van der Waals surface area contributed by atoms with Crippen LogP contribution in [0.1, 0.15) is 26.3 Å². The van der Waals surface area contributed by atoms with E-state index < -0.39 is 0 Å². The Morgan fingerprint density at radius 2 is 2.18 bits per heavy atom. The van der Waals surface area contributed by atoms with Crippen LogP contribution >= 0.6 is 35.3 Å². The summed E-state index contributed by atoms with van der Waals surface area (Å²) >= 11 is 1.71. The van der Waals surface area contributed by atoms with Gasteiger partial charge in [0.2, 0.25) is 0 Å². The lowest BCUT2D eigenvalue weighted by molar-refractivity contribution is 0.615. The minimum absolute atomic E-state index is 0. The van der Waals surface area contributed by atoms with Crippen LogP contribution in [0.25, 0.3) is 0 Å². The number of nitrogens with zero attached hydrogens (tertiary/aromatic N) is 1. The fourth-order valence-electron chi connectivity index (χ4n) is 1.20. The summed E-state index contributed by atoms with van der Waals surface area (Å²) < 4.78 is 0. The molecule has 1 aromatic rings. The first kappa shape index (κ1) is 16.7. The summed E-state index contributed by atoms with van der Waals surface area (Å²) in [5.41, 5.74) is 1.27. The van der Waals surface area contributed by atoms with Gasteiger partial charge in [-0.25, -0.2) is 4.99 Å². The van der Waals surface area contributed by atoms with Crippen molar-refractivity contribution in [2.75, 3.05) is 13.1 Å². The second-order valence-electron chi connectivity index (χ2n) is 4.10. The minimum atomic E-state index is 0. The Kier molecular flexibility index (Phi) is 9.53. The Morgan fingerprint density at radius 1 is 1.41 bits per heavy atom. The molecule has 2 N–H and O–H groups in total. The predicted molar refractivity (Wildman–Crippen MR) is 87.4 cm³/mol. The predicted octanol–water partition coefficient (Wildman–Crippen LogP) is 3.08. The van der Waals surface area contributed by atoms with Gasteiger partial charge in [0.05, 0.1) is 6.54 Å². The van der Waals surface area contributed by atoms with Crippen molar-refractivity contribution in [3.63, 3.8) is 0 Å². The number of guanidine groups is 1. The average molecular weight is 367 g/mol. The molecule has 0 spiro atoms. The number of rotatable bonds is 5. The molecular formula is C12H22IN3S. The summed E-state index contributed by atoms with van der Waals surface area (Å²) in [7, 11) is 0. The molecule has 0 aliphatic heterocycles. The Morgan fingerprint density at radius 3 is 2.71 bits per heavy atom. The fraction of sp³-hybridized carbons (Fsp3) is 0.583. The highest BCUT2D eigenvalue weighted by atomic mass is 127. The van der Waals surface area contributed by atoms with Crippen LogP contribution in [0.15, 0.2) is 21.8 Å². The number of hydrogen-bond acceptors (Lipinski definition) is 2. The Bertz CT molecular complexity index is 310. The Balaban J connectivity index is 0.00000256. The van der Waals surface area contributed by atoms with Crippen molar-refractivity contribution in [2.24, 2.45) is 10.9 Å². The number of aliphatic imine (C=N–C) groups is 1. The quantitative estimate of drug-likeness (QED) is 0.477. The van der Waals surface area contributed by atoms with E-state index in [0.717, 1.165) is 25.6 Å². The lowest BCUT2D eigenvalue weighted by Crippen LogP contribution is -2.39. The number of hydrogen-bond donors (Lipinski definition) is 2. The summed E-state index contributed by atoms with van der Waals surface area (Å²) in [5, 5.41) is 10.8. The Hall–Kier alpha value is -0.300. The van der Waals surface area contributed by atoms with Gasteiger partial charge < -0.3 is 10.6 Å². The van der Waals surface area contributed by atoms with Crippen LogP contribution in [0.2, 0.25) is 0 Å². The summed E-state index contributed by atoms with van der Waals surface area (Å²) in [6.07, 6.45) is 0. The van der Waals surface area contributed by atoms with Gasteiger partial charge in [-0.15, -0.1) is 24.0 Å². The zero-order chi connectivity index (χ0) is 11.8. The fourth-order valence-corrected chi connectivity index (χ4v) is 1.86. The van der Waals surface area contributed by atoms with Crippen molar-refractivity contribution in [2.45, 2.75) is 27.3 Å². The zero-order valence-electron chi connectivity index (χ0n) is 10.7. The van der Waals surface area contributed by atoms with Crippen molar-refractivity contribution in [1.29, 1.82) is 0 Å². The molecule has 0 unspecified atom stereocenters. The Labute approximate surface area is 125 Å². The van der Waals surface area contributed by atoms with Crippen LogP contribution in [0.4, 0.5) is 0 Å². The largest absolute Gasteiger partial charge is 0.357 e. The molecule has 5 heteroatoms. The van der Waals surface area contributed by atoms with Gasteiger partial charge in [0.15, 0.2) is 5.96 Å². The molecule has 0 aliphatic rings. The maximum atomic E-state index is 4.53. The molecule has 0 bridgehead atoms. The molecule has 0 radical (unpaired) electrons. The molecule has 0 saturated carbocycles. The third-order valence-corrected chi connectivity index (χ3v) is 2.75. The number of thiophene rings is 1. The third-order valence-electron chi connectivity index (χ3n) is 2.02. The molecule has 98 valence electrons. The lowest BCUT2D eigenvalue weighted by Gasteiger charge is -2.12. The topological polar surface area (TPSA) is 36.4 Å². The summed E-state index contributed by atoms with van der Waals surface area (Å²) in [6.45, 7) is 9.06. The first-order valence-corrected chi connectivity index (χ1v) is 6.70. The van der Waals surface area contributed by atoms with Gasteiger partial charge in [-0.2, -0.15) is 11.3 Å². The van der Waals surface area contributed by atoms with E-state index >= 15 is 0 Å². The van der Waals surface area contributed by atoms with E-state index in [-0.39, 0.29) is 24.0 Å². The van der Waals surface area contributed by atoms with Crippen LogP contribution < -0.4 is 10.6 Å². The highest BCUT2D eigenvalue weighted by Gasteiger charge is 1.99. The van der Waals surface area contributed by atoms with Gasteiger partial charge in [0, 0.05) is 13.1 Å². The molecular weight excluding hydrogens is 345 g/mol. The van der Waals surface area contributed by atoms with E-state index in [1.807, 2.05) is 0 Å². The first-order valence-electron chi connectivity index (χ1n) is 5.75. The van der Waals surface area contributed by atoms with Crippen LogP contribution in [0.3, 0.4) is 0 Å². The molecule has 0 atom stereocenters. The van der Waals surface area contributed by atoms with Gasteiger partial charge in [-0.1, -0.05) is 13.8 Å². The summed E-state index contributed by atoms with van der Waals surface area (Å²) in [4.78, 5) is 4.53. The van der Waals surface area contributed by atoms with Crippen molar-refractivity contribution in [1.82, 2.24) is 10.6 Å². The van der Waals surface area contributed by atoms with Crippen LogP contribution in [-0.4, -0.2) is 19.0 Å². The standard InChI is InChI=1S/C12H21N3S.HI/c1-4-13-12(14-7-10(2)3)15-8-11-5-6-16-9-11;/h5-6,9-10H,4,7-8H2,1-3H3,(H2,13,14,15);1H. The van der Waals surface area contributed by atoms with Crippen molar-refractivity contribution in [3.05, 3.63) is 22.4 Å². The summed E-state index contributed by atoms with van der Waals surface area (Å²) in [5.74, 6) is 1.53. The second-order valence-corrected chi connectivity index (χ2v) is 4.88. The molecule has 17 heavy (non-hydrogen) atoms. The van der Waals surface area contributed by atoms with E-state index in [9.17, 15) is 0 Å². The average Bonchev–Trinajstić information content (AvgIpc) is 2.75. The zero-order valence-corrected chi connectivity index (χ0v) is 13.8. The molecule has 1 rings (SSSR count). The van der Waals surface area contributed by atoms with Crippen LogP contribution in [-0.2, 0) is 6.54 Å². The molecule has 3 nitrogen and oxygen atoms in total. The molecule has 0 saturated heterocycles.